The third-order valence-electron chi connectivity index (χ3n) is 2.62. The topological polar surface area (TPSA) is 92.5 Å². The SMILES string of the molecule is CN(C)S(=O)(=O)c1cc(N)c2c(c1)CC(=O)N2. The van der Waals surface area contributed by atoms with Crippen LogP contribution < -0.4 is 11.1 Å². The van der Waals surface area contributed by atoms with E-state index in [2.05, 4.69) is 5.32 Å². The highest BCUT2D eigenvalue weighted by Crippen LogP contribution is 2.32. The summed E-state index contributed by atoms with van der Waals surface area (Å²) in [6, 6.07) is 2.85. The molecule has 2 rings (SSSR count). The number of nitrogens with one attached hydrogen (secondary N) is 1. The van der Waals surface area contributed by atoms with Crippen molar-refractivity contribution < 1.29 is 13.2 Å². The maximum Gasteiger partial charge on any atom is 0.242 e. The molecule has 0 atom stereocenters. The van der Waals surface area contributed by atoms with Crippen molar-refractivity contribution >= 4 is 27.3 Å². The summed E-state index contributed by atoms with van der Waals surface area (Å²) in [5, 5.41) is 2.60. The molecule has 1 aliphatic rings. The van der Waals surface area contributed by atoms with E-state index in [9.17, 15) is 13.2 Å². The first-order valence-corrected chi connectivity index (χ1v) is 6.41. The predicted octanol–water partition coefficient (Wildman–Crippen LogP) is 0.0137. The fourth-order valence-electron chi connectivity index (χ4n) is 1.70. The Bertz CT molecular complexity index is 593. The first-order valence-electron chi connectivity index (χ1n) is 4.97. The van der Waals surface area contributed by atoms with Crippen molar-refractivity contribution in [2.45, 2.75) is 11.3 Å². The van der Waals surface area contributed by atoms with Crippen molar-refractivity contribution in [3.63, 3.8) is 0 Å². The summed E-state index contributed by atoms with van der Waals surface area (Å²) in [4.78, 5) is 11.3. The Balaban J connectivity index is 2.59. The Labute approximate surface area is 99.5 Å². The zero-order chi connectivity index (χ0) is 12.8. The Morgan fingerprint density at radius 3 is 2.59 bits per heavy atom. The number of hydrogen-bond acceptors (Lipinski definition) is 4. The predicted molar refractivity (Wildman–Crippen MR) is 64.1 cm³/mol. The van der Waals surface area contributed by atoms with E-state index < -0.39 is 10.0 Å². The van der Waals surface area contributed by atoms with E-state index in [0.29, 0.717) is 11.3 Å². The summed E-state index contributed by atoms with van der Waals surface area (Å²) < 4.78 is 25.0. The lowest BCUT2D eigenvalue weighted by Gasteiger charge is -2.13. The summed E-state index contributed by atoms with van der Waals surface area (Å²) in [6.45, 7) is 0. The highest BCUT2D eigenvalue weighted by molar-refractivity contribution is 7.89. The largest absolute Gasteiger partial charge is 0.397 e. The van der Waals surface area contributed by atoms with Gasteiger partial charge >= 0.3 is 0 Å². The molecule has 0 fully saturated rings. The second-order valence-electron chi connectivity index (χ2n) is 4.06. The van der Waals surface area contributed by atoms with Gasteiger partial charge in [-0.2, -0.15) is 0 Å². The molecule has 0 aliphatic carbocycles. The van der Waals surface area contributed by atoms with E-state index >= 15 is 0 Å². The number of nitrogen functional groups attached to an aromatic ring is 1. The first-order chi connectivity index (χ1) is 7.82. The number of rotatable bonds is 2. The molecule has 0 saturated carbocycles. The summed E-state index contributed by atoms with van der Waals surface area (Å²) in [5.74, 6) is -0.175. The number of carbonyl (C=O) groups is 1. The average molecular weight is 255 g/mol. The molecule has 1 aromatic rings. The van der Waals surface area contributed by atoms with Crippen molar-refractivity contribution in [3.8, 4) is 0 Å². The van der Waals surface area contributed by atoms with Crippen LogP contribution in [0.1, 0.15) is 5.56 Å². The van der Waals surface area contributed by atoms with Gasteiger partial charge in [-0.1, -0.05) is 0 Å². The molecular formula is C10H13N3O3S. The second kappa shape index (κ2) is 3.71. The minimum absolute atomic E-state index is 0.107. The lowest BCUT2D eigenvalue weighted by Crippen LogP contribution is -2.22. The lowest BCUT2D eigenvalue weighted by atomic mass is 10.1. The van der Waals surface area contributed by atoms with Gasteiger partial charge in [0.05, 0.1) is 22.7 Å². The van der Waals surface area contributed by atoms with E-state index in [1.54, 1.807) is 0 Å². The summed E-state index contributed by atoms with van der Waals surface area (Å²) in [5.41, 5.74) is 7.15. The normalized spacial score (nSPS) is 14.9. The first kappa shape index (κ1) is 11.9. The van der Waals surface area contributed by atoms with E-state index in [1.165, 1.54) is 26.2 Å². The molecule has 6 nitrogen and oxygen atoms in total. The summed E-state index contributed by atoms with van der Waals surface area (Å²) >= 11 is 0. The van der Waals surface area contributed by atoms with Crippen LogP contribution in [0.4, 0.5) is 11.4 Å². The van der Waals surface area contributed by atoms with Crippen molar-refractivity contribution in [2.75, 3.05) is 25.1 Å². The van der Waals surface area contributed by atoms with Crippen LogP contribution in [0.15, 0.2) is 17.0 Å². The van der Waals surface area contributed by atoms with Gasteiger partial charge in [0.1, 0.15) is 0 Å². The Kier molecular flexibility index (Phi) is 2.59. The van der Waals surface area contributed by atoms with Crippen LogP contribution in [-0.4, -0.2) is 32.7 Å². The fraction of sp³-hybridized carbons (Fsp3) is 0.300. The smallest absolute Gasteiger partial charge is 0.242 e. The lowest BCUT2D eigenvalue weighted by molar-refractivity contribution is -0.115. The molecule has 0 saturated heterocycles. The minimum atomic E-state index is -3.52. The quantitative estimate of drug-likeness (QED) is 0.728. The number of sulfonamides is 1. The van der Waals surface area contributed by atoms with Crippen molar-refractivity contribution in [3.05, 3.63) is 17.7 Å². The Morgan fingerprint density at radius 1 is 1.35 bits per heavy atom. The molecular weight excluding hydrogens is 242 g/mol. The molecule has 17 heavy (non-hydrogen) atoms. The van der Waals surface area contributed by atoms with Gasteiger partial charge in [0.25, 0.3) is 0 Å². The molecule has 1 aliphatic heterocycles. The van der Waals surface area contributed by atoms with Crippen LogP contribution in [0, 0.1) is 0 Å². The van der Waals surface area contributed by atoms with Crippen LogP contribution in [0.25, 0.3) is 0 Å². The molecule has 0 unspecified atom stereocenters. The molecule has 1 aromatic carbocycles. The van der Waals surface area contributed by atoms with Gasteiger partial charge < -0.3 is 11.1 Å². The minimum Gasteiger partial charge on any atom is -0.397 e. The van der Waals surface area contributed by atoms with Crippen LogP contribution in [0.2, 0.25) is 0 Å². The molecule has 7 heteroatoms. The van der Waals surface area contributed by atoms with Crippen molar-refractivity contribution in [1.82, 2.24) is 4.31 Å². The number of fused-ring (bicyclic) bond motifs is 1. The van der Waals surface area contributed by atoms with Gasteiger partial charge in [-0.25, -0.2) is 12.7 Å². The van der Waals surface area contributed by atoms with Gasteiger partial charge in [0, 0.05) is 14.1 Å². The number of anilines is 2. The number of benzene rings is 1. The number of hydrogen-bond donors (Lipinski definition) is 2. The molecule has 1 amide bonds. The van der Waals surface area contributed by atoms with Crippen LogP contribution in [0.5, 0.6) is 0 Å². The van der Waals surface area contributed by atoms with Crippen LogP contribution in [-0.2, 0) is 21.2 Å². The zero-order valence-corrected chi connectivity index (χ0v) is 10.3. The van der Waals surface area contributed by atoms with Crippen LogP contribution >= 0.6 is 0 Å². The molecule has 0 radical (unpaired) electrons. The van der Waals surface area contributed by atoms with Crippen LogP contribution in [0.3, 0.4) is 0 Å². The molecule has 0 spiro atoms. The Morgan fingerprint density at radius 2 is 2.00 bits per heavy atom. The molecule has 0 aromatic heterocycles. The average Bonchev–Trinajstić information content (AvgIpc) is 2.58. The fourth-order valence-corrected chi connectivity index (χ4v) is 2.69. The zero-order valence-electron chi connectivity index (χ0n) is 9.52. The number of amides is 1. The summed E-state index contributed by atoms with van der Waals surface area (Å²) in [7, 11) is -0.631. The highest BCUT2D eigenvalue weighted by atomic mass is 32.2. The third-order valence-corrected chi connectivity index (χ3v) is 4.41. The van der Waals surface area contributed by atoms with Crippen molar-refractivity contribution in [2.24, 2.45) is 0 Å². The maximum absolute atomic E-state index is 11.9. The van der Waals surface area contributed by atoms with Gasteiger partial charge in [-0.15, -0.1) is 0 Å². The van der Waals surface area contributed by atoms with Crippen molar-refractivity contribution in [1.29, 1.82) is 0 Å². The standard InChI is InChI=1S/C10H13N3O3S/c1-13(2)17(15,16)7-3-6-4-9(14)12-10(6)8(11)5-7/h3,5H,4,11H2,1-2H3,(H,12,14). The van der Waals surface area contributed by atoms with Gasteiger partial charge in [-0.05, 0) is 17.7 Å². The van der Waals surface area contributed by atoms with Gasteiger partial charge in [0.2, 0.25) is 15.9 Å². The monoisotopic (exact) mass is 255 g/mol. The second-order valence-corrected chi connectivity index (χ2v) is 6.21. The van der Waals surface area contributed by atoms with E-state index in [-0.39, 0.29) is 22.9 Å². The molecule has 3 N–H and O–H groups in total. The number of nitrogens with two attached hydrogens (primary N) is 1. The maximum atomic E-state index is 11.9. The van der Waals surface area contributed by atoms with Gasteiger partial charge in [-0.3, -0.25) is 4.79 Å². The molecule has 0 bridgehead atoms. The molecule has 92 valence electrons. The number of nitrogens with zero attached hydrogens (tertiary/aromatic N) is 1. The van der Waals surface area contributed by atoms with E-state index in [1.807, 2.05) is 0 Å². The number of carbonyl (C=O) groups excluding carboxylic acids is 1. The molecule has 1 heterocycles. The third kappa shape index (κ3) is 1.87. The van der Waals surface area contributed by atoms with E-state index in [4.69, 9.17) is 5.73 Å². The highest BCUT2D eigenvalue weighted by Gasteiger charge is 2.25. The van der Waals surface area contributed by atoms with Gasteiger partial charge in [0.15, 0.2) is 0 Å². The Hall–Kier alpha value is -1.60. The summed E-state index contributed by atoms with van der Waals surface area (Å²) in [6.07, 6.45) is 0.163. The van der Waals surface area contributed by atoms with E-state index in [0.717, 1.165) is 4.31 Å².